The summed E-state index contributed by atoms with van der Waals surface area (Å²) in [5.74, 6) is 1.27. The molecule has 0 N–H and O–H groups in total. The van der Waals surface area contributed by atoms with Gasteiger partial charge < -0.3 is 14.7 Å². The number of hydrogen-bond donors (Lipinski definition) is 0. The molecule has 4 nitrogen and oxygen atoms in total. The van der Waals surface area contributed by atoms with Crippen molar-refractivity contribution in [2.75, 3.05) is 0 Å². The second-order valence-electron chi connectivity index (χ2n) is 16.0. The highest BCUT2D eigenvalue weighted by Crippen LogP contribution is 2.48. The molecular weight excluding hydrogens is 807 g/mol. The van der Waals surface area contributed by atoms with E-state index in [-0.39, 0.29) is 0 Å². The number of fused-ring (bicyclic) bond motifs is 9. The number of aliphatic imine (C=N–C) groups is 2. The van der Waals surface area contributed by atoms with Crippen molar-refractivity contribution in [3.05, 3.63) is 222 Å². The molecule has 3 aromatic heterocycles. The van der Waals surface area contributed by atoms with Crippen LogP contribution in [0.15, 0.2) is 215 Å². The third-order valence-corrected chi connectivity index (χ3v) is 14.6. The van der Waals surface area contributed by atoms with Gasteiger partial charge in [0.1, 0.15) is 11.2 Å². The van der Waals surface area contributed by atoms with Gasteiger partial charge in [0.15, 0.2) is 0 Å². The Labute approximate surface area is 370 Å². The van der Waals surface area contributed by atoms with Gasteiger partial charge in [-0.2, -0.15) is 0 Å². The topological polar surface area (TPSA) is 52.0 Å². The normalized spacial score (nSPS) is 14.2. The second-order valence-corrected chi connectivity index (χ2v) is 18.1. The fraction of sp³-hybridized carbons (Fsp3) is 0.0175. The lowest BCUT2D eigenvalue weighted by Gasteiger charge is -2.32. The first-order chi connectivity index (χ1) is 31.2. The zero-order chi connectivity index (χ0) is 41.4. The zero-order valence-corrected chi connectivity index (χ0v) is 35.3. The van der Waals surface area contributed by atoms with Crippen molar-refractivity contribution in [2.24, 2.45) is 9.98 Å². The van der Waals surface area contributed by atoms with Crippen molar-refractivity contribution in [1.29, 1.82) is 0 Å². The Morgan fingerprint density at radius 1 is 0.413 bits per heavy atom. The van der Waals surface area contributed by atoms with Crippen LogP contribution >= 0.6 is 22.7 Å². The molecule has 1 aliphatic heterocycles. The zero-order valence-electron chi connectivity index (χ0n) is 33.7. The monoisotopic (exact) mass is 840 g/mol. The Kier molecular flexibility index (Phi) is 8.29. The molecule has 63 heavy (non-hydrogen) atoms. The maximum atomic E-state index is 7.10. The SMILES string of the molecule is c1ccc(C2=NC(c3cccc4oc5c(-c6cccc7sc8ccccc8c67)cc(-c6cccc7sc8ccccc8c67)cc5c34)=NC(c3ccc(-c4ccccc4)cc3)[N-]2)cc1. The van der Waals surface area contributed by atoms with Crippen molar-refractivity contribution in [3.8, 4) is 33.4 Å². The summed E-state index contributed by atoms with van der Waals surface area (Å²) in [6.07, 6.45) is -0.494. The van der Waals surface area contributed by atoms with Gasteiger partial charge in [0, 0.05) is 62.2 Å². The summed E-state index contributed by atoms with van der Waals surface area (Å²) in [5.41, 5.74) is 11.3. The van der Waals surface area contributed by atoms with E-state index in [2.05, 4.69) is 176 Å². The van der Waals surface area contributed by atoms with Crippen molar-refractivity contribution >= 4 is 96.6 Å². The molecule has 0 saturated heterocycles. The van der Waals surface area contributed by atoms with Crippen LogP contribution in [0.1, 0.15) is 22.9 Å². The lowest BCUT2D eigenvalue weighted by molar-refractivity contribution is 0.670. The number of amidine groups is 2. The molecule has 4 heterocycles. The van der Waals surface area contributed by atoms with E-state index >= 15 is 0 Å². The summed E-state index contributed by atoms with van der Waals surface area (Å²) < 4.78 is 12.2. The van der Waals surface area contributed by atoms with Gasteiger partial charge in [-0.3, -0.25) is 4.99 Å². The molecule has 1 unspecified atom stereocenters. The summed E-state index contributed by atoms with van der Waals surface area (Å²) in [5, 5.41) is 12.2. The van der Waals surface area contributed by atoms with Gasteiger partial charge in [-0.05, 0) is 81.4 Å². The largest absolute Gasteiger partial charge is 0.455 e. The maximum absolute atomic E-state index is 7.10. The van der Waals surface area contributed by atoms with Crippen molar-refractivity contribution in [1.82, 2.24) is 0 Å². The molecule has 13 rings (SSSR count). The van der Waals surface area contributed by atoms with Crippen molar-refractivity contribution < 1.29 is 4.42 Å². The van der Waals surface area contributed by atoms with E-state index in [0.29, 0.717) is 11.7 Å². The third-order valence-electron chi connectivity index (χ3n) is 12.3. The minimum atomic E-state index is -0.494. The highest BCUT2D eigenvalue weighted by atomic mass is 32.1. The molecule has 1 atom stereocenters. The molecular formula is C57H34N3OS2-. The van der Waals surface area contributed by atoms with Crippen LogP contribution in [0.2, 0.25) is 0 Å². The van der Waals surface area contributed by atoms with E-state index in [9.17, 15) is 0 Å². The number of furan rings is 1. The van der Waals surface area contributed by atoms with Crippen LogP contribution in [0.4, 0.5) is 0 Å². The predicted octanol–water partition coefficient (Wildman–Crippen LogP) is 16.6. The van der Waals surface area contributed by atoms with Gasteiger partial charge in [-0.1, -0.05) is 164 Å². The Bertz CT molecular complexity index is 3820. The smallest absolute Gasteiger partial charge is 0.143 e. The van der Waals surface area contributed by atoms with Gasteiger partial charge in [-0.15, -0.1) is 22.7 Å². The summed E-state index contributed by atoms with van der Waals surface area (Å²) in [7, 11) is 0. The minimum absolute atomic E-state index is 0.494. The molecule has 296 valence electrons. The predicted molar refractivity (Wildman–Crippen MR) is 268 cm³/mol. The van der Waals surface area contributed by atoms with Crippen LogP contribution < -0.4 is 0 Å². The molecule has 0 spiro atoms. The first kappa shape index (κ1) is 36.1. The Balaban J connectivity index is 1.07. The molecule has 6 heteroatoms. The van der Waals surface area contributed by atoms with Crippen molar-refractivity contribution in [3.63, 3.8) is 0 Å². The van der Waals surface area contributed by atoms with E-state index in [0.717, 1.165) is 60.9 Å². The second kappa shape index (κ2) is 14.5. The van der Waals surface area contributed by atoms with Crippen LogP contribution in [0.3, 0.4) is 0 Å². The summed E-state index contributed by atoms with van der Waals surface area (Å²) in [6.45, 7) is 0. The van der Waals surface area contributed by atoms with E-state index in [1.54, 1.807) is 0 Å². The summed E-state index contributed by atoms with van der Waals surface area (Å²) in [6, 6.07) is 71.1. The molecule has 0 fully saturated rings. The van der Waals surface area contributed by atoms with E-state index < -0.39 is 6.17 Å². The Hall–Kier alpha value is -7.64. The molecule has 12 aromatic rings. The fourth-order valence-corrected chi connectivity index (χ4v) is 11.7. The van der Waals surface area contributed by atoms with Crippen LogP contribution in [-0.2, 0) is 0 Å². The highest BCUT2D eigenvalue weighted by Gasteiger charge is 2.23. The number of rotatable bonds is 6. The molecule has 0 radical (unpaired) electrons. The molecule has 0 saturated carbocycles. The first-order valence-electron chi connectivity index (χ1n) is 21.1. The van der Waals surface area contributed by atoms with Crippen LogP contribution in [-0.4, -0.2) is 11.7 Å². The Morgan fingerprint density at radius 2 is 0.984 bits per heavy atom. The summed E-state index contributed by atoms with van der Waals surface area (Å²) in [4.78, 5) is 10.6. The lowest BCUT2D eigenvalue weighted by atomic mass is 9.91. The first-order valence-corrected chi connectivity index (χ1v) is 22.7. The molecule has 0 amide bonds. The van der Waals surface area contributed by atoms with Gasteiger partial charge >= 0.3 is 0 Å². The van der Waals surface area contributed by atoms with Crippen LogP contribution in [0.5, 0.6) is 0 Å². The standard InChI is InChI=1S/C57H34N3OS2/c1-3-14-34(15-4-1)35-28-30-37(31-29-35)56-58-55(36-16-5-2-6-17-36)59-57(60-56)43-22-11-23-46-51(43)45-33-38(39-20-12-26-49-52(39)41-18-7-9-24-47(41)62-49)32-44(54(45)61-46)40-21-13-27-50-53(40)42-19-8-10-25-48(42)63-50/h1-33,56H/q-1. The average molecular weight is 841 g/mol. The fourth-order valence-electron chi connectivity index (χ4n) is 9.39. The van der Waals surface area contributed by atoms with Crippen molar-refractivity contribution in [2.45, 2.75) is 6.17 Å². The van der Waals surface area contributed by atoms with E-state index in [1.165, 1.54) is 51.5 Å². The van der Waals surface area contributed by atoms with Gasteiger partial charge in [0.2, 0.25) is 0 Å². The maximum Gasteiger partial charge on any atom is 0.143 e. The number of nitrogens with zero attached hydrogens (tertiary/aromatic N) is 3. The average Bonchev–Trinajstić information content (AvgIpc) is 4.06. The summed E-state index contributed by atoms with van der Waals surface area (Å²) >= 11 is 3.68. The quantitative estimate of drug-likeness (QED) is 0.165. The minimum Gasteiger partial charge on any atom is -0.455 e. The Morgan fingerprint density at radius 3 is 1.70 bits per heavy atom. The number of hydrogen-bond acceptors (Lipinski definition) is 5. The molecule has 1 aliphatic rings. The van der Waals surface area contributed by atoms with Crippen LogP contribution in [0, 0.1) is 0 Å². The molecule has 0 aliphatic carbocycles. The van der Waals surface area contributed by atoms with E-state index in [1.807, 2.05) is 46.9 Å². The highest BCUT2D eigenvalue weighted by molar-refractivity contribution is 7.26. The van der Waals surface area contributed by atoms with Gasteiger partial charge in [0.25, 0.3) is 0 Å². The van der Waals surface area contributed by atoms with Crippen LogP contribution in [0.25, 0.3) is 101 Å². The van der Waals surface area contributed by atoms with E-state index in [4.69, 9.17) is 19.7 Å². The molecule has 9 aromatic carbocycles. The van der Waals surface area contributed by atoms with Gasteiger partial charge in [-0.25, -0.2) is 0 Å². The molecule has 0 bridgehead atoms. The number of thiophene rings is 2. The lowest BCUT2D eigenvalue weighted by Crippen LogP contribution is -2.16. The number of benzene rings is 9. The third kappa shape index (κ3) is 5.94. The van der Waals surface area contributed by atoms with Gasteiger partial charge in [0.05, 0.1) is 12.0 Å².